The number of fused-ring (bicyclic) bond motifs is 1. The smallest absolute Gasteiger partial charge is 0.330 e. The molecule has 3 aromatic heterocycles. The summed E-state index contributed by atoms with van der Waals surface area (Å²) in [4.78, 5) is 32.1. The van der Waals surface area contributed by atoms with E-state index in [1.807, 2.05) is 19.1 Å². The number of aryl methyl sites for hydroxylation is 1. The Morgan fingerprint density at radius 3 is 2.96 bits per heavy atom. The zero-order valence-corrected chi connectivity index (χ0v) is 16.1. The van der Waals surface area contributed by atoms with Gasteiger partial charge in [0.05, 0.1) is 24.7 Å². The zero-order chi connectivity index (χ0) is 19.7. The van der Waals surface area contributed by atoms with Gasteiger partial charge in [-0.2, -0.15) is 5.10 Å². The largest absolute Gasteiger partial charge is 0.383 e. The number of aromatic nitrogens is 5. The molecule has 0 aromatic carbocycles. The van der Waals surface area contributed by atoms with Gasteiger partial charge in [-0.05, 0) is 31.5 Å². The predicted octanol–water partition coefficient (Wildman–Crippen LogP) is 1.15. The second kappa shape index (κ2) is 7.59. The maximum Gasteiger partial charge on any atom is 0.330 e. The summed E-state index contributed by atoms with van der Waals surface area (Å²) in [5.74, 6) is -0.0983. The highest BCUT2D eigenvalue weighted by Gasteiger charge is 2.32. The molecule has 0 radical (unpaired) electrons. The van der Waals surface area contributed by atoms with Crippen molar-refractivity contribution in [2.45, 2.75) is 32.5 Å². The number of hydrogen-bond donors (Lipinski definition) is 0. The standard InChI is InChI=1S/C19H24N6O3/c1-3-23-10-7-15(21-23)18(26)22-9-6-14(13-22)25-17-16(5-4-8-20-17)24(19(25)27)11-12-28-2/h4-5,7-8,10,14H,3,6,9,11-13H2,1-2H3. The fourth-order valence-electron chi connectivity index (χ4n) is 3.79. The molecule has 1 fully saturated rings. The van der Waals surface area contributed by atoms with Crippen molar-refractivity contribution in [1.29, 1.82) is 0 Å². The van der Waals surface area contributed by atoms with Crippen LogP contribution in [0.3, 0.4) is 0 Å². The van der Waals surface area contributed by atoms with Crippen molar-refractivity contribution in [3.63, 3.8) is 0 Å². The second-order valence-corrected chi connectivity index (χ2v) is 6.89. The summed E-state index contributed by atoms with van der Waals surface area (Å²) in [5.41, 5.74) is 1.77. The van der Waals surface area contributed by atoms with E-state index in [0.29, 0.717) is 44.0 Å². The maximum atomic E-state index is 13.1. The molecule has 0 aliphatic carbocycles. The Morgan fingerprint density at radius 1 is 1.36 bits per heavy atom. The predicted molar refractivity (Wildman–Crippen MR) is 103 cm³/mol. The Morgan fingerprint density at radius 2 is 2.21 bits per heavy atom. The number of rotatable bonds is 6. The van der Waals surface area contributed by atoms with Crippen LogP contribution >= 0.6 is 0 Å². The van der Waals surface area contributed by atoms with E-state index >= 15 is 0 Å². The van der Waals surface area contributed by atoms with Crippen molar-refractivity contribution in [2.24, 2.45) is 0 Å². The molecular weight excluding hydrogens is 360 g/mol. The van der Waals surface area contributed by atoms with Crippen LogP contribution in [-0.4, -0.2) is 61.5 Å². The van der Waals surface area contributed by atoms with Gasteiger partial charge in [-0.15, -0.1) is 0 Å². The summed E-state index contributed by atoms with van der Waals surface area (Å²) < 4.78 is 10.3. The van der Waals surface area contributed by atoms with Gasteiger partial charge in [0, 0.05) is 39.1 Å². The molecule has 148 valence electrons. The molecule has 1 atom stereocenters. The number of imidazole rings is 1. The fraction of sp³-hybridized carbons (Fsp3) is 0.474. The lowest BCUT2D eigenvalue weighted by atomic mass is 10.2. The van der Waals surface area contributed by atoms with E-state index in [0.717, 1.165) is 12.1 Å². The summed E-state index contributed by atoms with van der Waals surface area (Å²) in [6.45, 7) is 4.67. The number of methoxy groups -OCH3 is 1. The van der Waals surface area contributed by atoms with Crippen LogP contribution in [0.1, 0.15) is 29.9 Å². The number of nitrogens with zero attached hydrogens (tertiary/aromatic N) is 6. The SMILES string of the molecule is CCn1ccc(C(=O)N2CCC(n3c(=O)n(CCOC)c4cccnc43)C2)n1. The first-order valence-corrected chi connectivity index (χ1v) is 9.51. The Kier molecular flexibility index (Phi) is 4.99. The molecule has 0 bridgehead atoms. The average molecular weight is 384 g/mol. The van der Waals surface area contributed by atoms with E-state index in [-0.39, 0.29) is 17.6 Å². The van der Waals surface area contributed by atoms with Gasteiger partial charge in [-0.1, -0.05) is 0 Å². The lowest BCUT2D eigenvalue weighted by Crippen LogP contribution is -2.32. The van der Waals surface area contributed by atoms with Crippen molar-refractivity contribution in [3.05, 3.63) is 46.8 Å². The van der Waals surface area contributed by atoms with Crippen LogP contribution in [0.4, 0.5) is 0 Å². The molecule has 0 spiro atoms. The minimum absolute atomic E-state index is 0.0983. The molecule has 4 rings (SSSR count). The topological polar surface area (TPSA) is 87.2 Å². The van der Waals surface area contributed by atoms with Gasteiger partial charge in [-0.3, -0.25) is 18.6 Å². The number of ether oxygens (including phenoxy) is 1. The van der Waals surface area contributed by atoms with Gasteiger partial charge in [0.25, 0.3) is 5.91 Å². The van der Waals surface area contributed by atoms with Gasteiger partial charge in [0.1, 0.15) is 5.69 Å². The molecule has 28 heavy (non-hydrogen) atoms. The fourth-order valence-corrected chi connectivity index (χ4v) is 3.79. The number of carbonyl (C=O) groups is 1. The van der Waals surface area contributed by atoms with E-state index in [1.165, 1.54) is 0 Å². The molecule has 1 aliphatic rings. The first kappa shape index (κ1) is 18.4. The van der Waals surface area contributed by atoms with Crippen molar-refractivity contribution in [3.8, 4) is 0 Å². The highest BCUT2D eigenvalue weighted by atomic mass is 16.5. The van der Waals surface area contributed by atoms with E-state index in [4.69, 9.17) is 4.74 Å². The van der Waals surface area contributed by atoms with E-state index in [2.05, 4.69) is 10.1 Å². The van der Waals surface area contributed by atoms with Gasteiger partial charge in [0.2, 0.25) is 0 Å². The minimum atomic E-state index is -0.111. The molecule has 9 heteroatoms. The molecular formula is C19H24N6O3. The third-order valence-corrected chi connectivity index (χ3v) is 5.24. The van der Waals surface area contributed by atoms with Crippen molar-refractivity contribution in [2.75, 3.05) is 26.8 Å². The normalized spacial score (nSPS) is 16.9. The number of carbonyl (C=O) groups excluding carboxylic acids is 1. The van der Waals surface area contributed by atoms with Crippen LogP contribution in [0, 0.1) is 0 Å². The molecule has 0 saturated carbocycles. The quantitative estimate of drug-likeness (QED) is 0.636. The second-order valence-electron chi connectivity index (χ2n) is 6.89. The first-order valence-electron chi connectivity index (χ1n) is 9.51. The Balaban J connectivity index is 1.62. The minimum Gasteiger partial charge on any atom is -0.383 e. The van der Waals surface area contributed by atoms with Crippen LogP contribution in [0.25, 0.3) is 11.2 Å². The van der Waals surface area contributed by atoms with Gasteiger partial charge in [0.15, 0.2) is 5.65 Å². The lowest BCUT2D eigenvalue weighted by Gasteiger charge is -2.15. The molecule has 1 amide bonds. The molecule has 4 heterocycles. The summed E-state index contributed by atoms with van der Waals surface area (Å²) in [6.07, 6.45) is 4.20. The van der Waals surface area contributed by atoms with Crippen molar-refractivity contribution >= 4 is 17.1 Å². The van der Waals surface area contributed by atoms with Crippen LogP contribution in [0.15, 0.2) is 35.4 Å². The molecule has 1 saturated heterocycles. The Bertz CT molecular complexity index is 1050. The highest BCUT2D eigenvalue weighted by molar-refractivity contribution is 5.92. The van der Waals surface area contributed by atoms with Crippen molar-refractivity contribution in [1.82, 2.24) is 28.8 Å². The van der Waals surface area contributed by atoms with Crippen LogP contribution in [0.5, 0.6) is 0 Å². The van der Waals surface area contributed by atoms with Crippen LogP contribution in [-0.2, 0) is 17.8 Å². The molecule has 9 nitrogen and oxygen atoms in total. The number of pyridine rings is 1. The van der Waals surface area contributed by atoms with E-state index in [9.17, 15) is 9.59 Å². The van der Waals surface area contributed by atoms with Crippen LogP contribution in [0.2, 0.25) is 0 Å². The monoisotopic (exact) mass is 384 g/mol. The number of amides is 1. The molecule has 1 unspecified atom stereocenters. The van der Waals surface area contributed by atoms with Gasteiger partial charge in [-0.25, -0.2) is 9.78 Å². The molecule has 3 aromatic rings. The molecule has 1 aliphatic heterocycles. The zero-order valence-electron chi connectivity index (χ0n) is 16.1. The average Bonchev–Trinajstić information content (AvgIpc) is 3.43. The lowest BCUT2D eigenvalue weighted by molar-refractivity contribution is 0.0781. The molecule has 0 N–H and O–H groups in total. The van der Waals surface area contributed by atoms with Gasteiger partial charge < -0.3 is 9.64 Å². The third kappa shape index (κ3) is 3.11. The number of hydrogen-bond acceptors (Lipinski definition) is 5. The summed E-state index contributed by atoms with van der Waals surface area (Å²) >= 11 is 0. The number of likely N-dealkylation sites (tertiary alicyclic amines) is 1. The summed E-state index contributed by atoms with van der Waals surface area (Å²) in [6, 6.07) is 5.35. The third-order valence-electron chi connectivity index (χ3n) is 5.24. The van der Waals surface area contributed by atoms with E-state index in [1.54, 1.807) is 44.3 Å². The van der Waals surface area contributed by atoms with E-state index < -0.39 is 0 Å². The Hall–Kier alpha value is -2.94. The first-order chi connectivity index (χ1) is 13.6. The Labute approximate surface area is 162 Å². The van der Waals surface area contributed by atoms with Gasteiger partial charge >= 0.3 is 5.69 Å². The highest BCUT2D eigenvalue weighted by Crippen LogP contribution is 2.25. The maximum absolute atomic E-state index is 13.1. The van der Waals surface area contributed by atoms with Crippen molar-refractivity contribution < 1.29 is 9.53 Å². The van der Waals surface area contributed by atoms with Crippen LogP contribution < -0.4 is 5.69 Å². The summed E-state index contributed by atoms with van der Waals surface area (Å²) in [5, 5.41) is 4.30. The summed E-state index contributed by atoms with van der Waals surface area (Å²) in [7, 11) is 1.61.